The Bertz CT molecular complexity index is 678. The van der Waals surface area contributed by atoms with Crippen LogP contribution in [0.4, 0.5) is 5.69 Å². The van der Waals surface area contributed by atoms with Gasteiger partial charge in [0.2, 0.25) is 0 Å². The minimum atomic E-state index is 0.504. The van der Waals surface area contributed by atoms with Crippen molar-refractivity contribution in [3.05, 3.63) is 64.7 Å². The Morgan fingerprint density at radius 2 is 1.74 bits per heavy atom. The second kappa shape index (κ2) is 8.65. The summed E-state index contributed by atoms with van der Waals surface area (Å²) in [7, 11) is 1.72. The first kappa shape index (κ1) is 17.4. The van der Waals surface area contributed by atoms with Crippen LogP contribution in [0.25, 0.3) is 0 Å². The number of aliphatic imine (C=N–C) groups is 1. The molecule has 0 aromatic heterocycles. The molecule has 2 rings (SSSR count). The molecule has 2 N–H and O–H groups in total. The predicted molar refractivity (Wildman–Crippen MR) is 104 cm³/mol. The molecule has 0 saturated heterocycles. The summed E-state index contributed by atoms with van der Waals surface area (Å²) in [6, 6.07) is 15.7. The molecular formula is C18H20ClN3S. The SMILES string of the molecule is CCCc1ccc(NC(=S)NC(=NC)c2ccc(Cl)cc2)cc1. The number of benzene rings is 2. The molecule has 0 aliphatic carbocycles. The molecular weight excluding hydrogens is 326 g/mol. The van der Waals surface area contributed by atoms with Gasteiger partial charge in [0.15, 0.2) is 5.11 Å². The van der Waals surface area contributed by atoms with Gasteiger partial charge < -0.3 is 10.6 Å². The van der Waals surface area contributed by atoms with E-state index in [-0.39, 0.29) is 0 Å². The van der Waals surface area contributed by atoms with Gasteiger partial charge in [-0.1, -0.05) is 37.1 Å². The van der Waals surface area contributed by atoms with E-state index >= 15 is 0 Å². The van der Waals surface area contributed by atoms with Gasteiger partial charge in [-0.15, -0.1) is 0 Å². The highest BCUT2D eigenvalue weighted by Crippen LogP contribution is 2.12. The molecule has 0 amide bonds. The lowest BCUT2D eigenvalue weighted by Gasteiger charge is -2.13. The monoisotopic (exact) mass is 345 g/mol. The number of aryl methyl sites for hydroxylation is 1. The van der Waals surface area contributed by atoms with Crippen LogP contribution in [0.1, 0.15) is 24.5 Å². The van der Waals surface area contributed by atoms with E-state index in [1.54, 1.807) is 7.05 Å². The van der Waals surface area contributed by atoms with Gasteiger partial charge in [0.05, 0.1) is 0 Å². The topological polar surface area (TPSA) is 36.4 Å². The van der Waals surface area contributed by atoms with E-state index in [1.807, 2.05) is 36.4 Å². The molecule has 23 heavy (non-hydrogen) atoms. The predicted octanol–water partition coefficient (Wildman–Crippen LogP) is 4.66. The Balaban J connectivity index is 1.98. The lowest BCUT2D eigenvalue weighted by molar-refractivity contribution is 0.922. The van der Waals surface area contributed by atoms with E-state index in [1.165, 1.54) is 5.56 Å². The fourth-order valence-corrected chi connectivity index (χ4v) is 2.52. The third-order valence-corrected chi connectivity index (χ3v) is 3.78. The Labute approximate surface area is 147 Å². The Morgan fingerprint density at radius 3 is 2.30 bits per heavy atom. The van der Waals surface area contributed by atoms with Gasteiger partial charge in [0.25, 0.3) is 0 Å². The second-order valence-corrected chi connectivity index (χ2v) is 5.95. The largest absolute Gasteiger partial charge is 0.332 e. The van der Waals surface area contributed by atoms with E-state index in [4.69, 9.17) is 23.8 Å². The second-order valence-electron chi connectivity index (χ2n) is 5.11. The van der Waals surface area contributed by atoms with E-state index in [0.717, 1.165) is 24.1 Å². The number of rotatable bonds is 4. The van der Waals surface area contributed by atoms with Gasteiger partial charge in [-0.2, -0.15) is 0 Å². The molecule has 5 heteroatoms. The summed E-state index contributed by atoms with van der Waals surface area (Å²) in [4.78, 5) is 4.24. The number of amidine groups is 1. The quantitative estimate of drug-likeness (QED) is 0.481. The lowest BCUT2D eigenvalue weighted by atomic mass is 10.1. The summed E-state index contributed by atoms with van der Waals surface area (Å²) < 4.78 is 0. The van der Waals surface area contributed by atoms with Crippen LogP contribution in [-0.4, -0.2) is 18.0 Å². The van der Waals surface area contributed by atoms with E-state index in [9.17, 15) is 0 Å². The summed E-state index contributed by atoms with van der Waals surface area (Å²) in [5.74, 6) is 0.696. The van der Waals surface area contributed by atoms with Gasteiger partial charge in [-0.3, -0.25) is 4.99 Å². The Hall–Kier alpha value is -1.91. The smallest absolute Gasteiger partial charge is 0.176 e. The summed E-state index contributed by atoms with van der Waals surface area (Å²) in [5.41, 5.74) is 3.21. The van der Waals surface area contributed by atoms with Gasteiger partial charge in [-0.05, 0) is 60.6 Å². The molecule has 0 aliphatic heterocycles. The highest BCUT2D eigenvalue weighted by atomic mass is 35.5. The molecule has 0 unspecified atom stereocenters. The Morgan fingerprint density at radius 1 is 1.09 bits per heavy atom. The summed E-state index contributed by atoms with van der Waals surface area (Å²) >= 11 is 11.3. The fraction of sp³-hybridized carbons (Fsp3) is 0.222. The average molecular weight is 346 g/mol. The van der Waals surface area contributed by atoms with Crippen LogP contribution in [0, 0.1) is 0 Å². The van der Waals surface area contributed by atoms with Crippen molar-refractivity contribution < 1.29 is 0 Å². The zero-order valence-electron chi connectivity index (χ0n) is 13.3. The first-order chi connectivity index (χ1) is 11.1. The first-order valence-electron chi connectivity index (χ1n) is 7.52. The molecule has 2 aromatic carbocycles. The van der Waals surface area contributed by atoms with Crippen LogP contribution >= 0.6 is 23.8 Å². The van der Waals surface area contributed by atoms with E-state index in [0.29, 0.717) is 16.0 Å². The maximum absolute atomic E-state index is 5.91. The summed E-state index contributed by atoms with van der Waals surface area (Å²) in [5, 5.41) is 7.48. The number of nitrogens with one attached hydrogen (secondary N) is 2. The van der Waals surface area contributed by atoms with Crippen LogP contribution in [0.15, 0.2) is 53.5 Å². The Kier molecular flexibility index (Phi) is 6.56. The van der Waals surface area contributed by atoms with Gasteiger partial charge in [-0.25, -0.2) is 0 Å². The molecule has 0 fully saturated rings. The van der Waals surface area contributed by atoms with Crippen LogP contribution in [0.2, 0.25) is 5.02 Å². The standard InChI is InChI=1S/C18H20ClN3S/c1-3-4-13-5-11-16(12-6-13)21-18(23)22-17(20-2)14-7-9-15(19)10-8-14/h5-12H,3-4H2,1-2H3,(H2,20,21,22,23). The van der Waals surface area contributed by atoms with E-state index < -0.39 is 0 Å². The van der Waals surface area contributed by atoms with Crippen molar-refractivity contribution in [3.8, 4) is 0 Å². The third-order valence-electron chi connectivity index (χ3n) is 3.32. The molecule has 2 aromatic rings. The molecule has 0 bridgehead atoms. The van der Waals surface area contributed by atoms with Gasteiger partial charge >= 0.3 is 0 Å². The zero-order chi connectivity index (χ0) is 16.7. The molecule has 0 spiro atoms. The molecule has 3 nitrogen and oxygen atoms in total. The maximum Gasteiger partial charge on any atom is 0.176 e. The number of thiocarbonyl (C=S) groups is 1. The van der Waals surface area contributed by atoms with Crippen LogP contribution in [0.5, 0.6) is 0 Å². The van der Waals surface area contributed by atoms with Gasteiger partial charge in [0, 0.05) is 23.3 Å². The van der Waals surface area contributed by atoms with Crippen LogP contribution in [-0.2, 0) is 6.42 Å². The number of nitrogens with zero attached hydrogens (tertiary/aromatic N) is 1. The highest BCUT2D eigenvalue weighted by Gasteiger charge is 2.05. The molecule has 0 aliphatic rings. The molecule has 0 radical (unpaired) electrons. The van der Waals surface area contributed by atoms with Crippen molar-refractivity contribution >= 4 is 40.5 Å². The van der Waals surface area contributed by atoms with Crippen molar-refractivity contribution in [2.45, 2.75) is 19.8 Å². The third kappa shape index (κ3) is 5.34. The lowest BCUT2D eigenvalue weighted by Crippen LogP contribution is -2.34. The van der Waals surface area contributed by atoms with Crippen molar-refractivity contribution in [2.24, 2.45) is 4.99 Å². The van der Waals surface area contributed by atoms with Crippen molar-refractivity contribution in [1.29, 1.82) is 0 Å². The van der Waals surface area contributed by atoms with Crippen LogP contribution < -0.4 is 10.6 Å². The first-order valence-corrected chi connectivity index (χ1v) is 8.30. The zero-order valence-corrected chi connectivity index (χ0v) is 14.8. The maximum atomic E-state index is 5.91. The van der Waals surface area contributed by atoms with Crippen molar-refractivity contribution in [2.75, 3.05) is 12.4 Å². The van der Waals surface area contributed by atoms with Crippen molar-refractivity contribution in [1.82, 2.24) is 5.32 Å². The summed E-state index contributed by atoms with van der Waals surface area (Å²) in [6.07, 6.45) is 2.23. The molecule has 120 valence electrons. The molecule has 0 heterocycles. The highest BCUT2D eigenvalue weighted by molar-refractivity contribution is 7.80. The van der Waals surface area contributed by atoms with Crippen LogP contribution in [0.3, 0.4) is 0 Å². The minimum absolute atomic E-state index is 0.504. The summed E-state index contributed by atoms with van der Waals surface area (Å²) in [6.45, 7) is 2.17. The molecule has 0 saturated carbocycles. The molecule has 0 atom stereocenters. The average Bonchev–Trinajstić information content (AvgIpc) is 2.56. The number of anilines is 1. The van der Waals surface area contributed by atoms with E-state index in [2.05, 4.69) is 34.7 Å². The number of hydrogen-bond acceptors (Lipinski definition) is 2. The fourth-order valence-electron chi connectivity index (χ4n) is 2.18. The van der Waals surface area contributed by atoms with Gasteiger partial charge in [0.1, 0.15) is 5.84 Å². The number of halogens is 1. The van der Waals surface area contributed by atoms with Crippen molar-refractivity contribution in [3.63, 3.8) is 0 Å². The normalized spacial score (nSPS) is 11.2. The minimum Gasteiger partial charge on any atom is -0.332 e. The number of hydrogen-bond donors (Lipinski definition) is 2.